The predicted octanol–water partition coefficient (Wildman–Crippen LogP) is 4.26. The number of nitrogens with one attached hydrogen (secondary N) is 1. The zero-order valence-corrected chi connectivity index (χ0v) is 14.5. The third-order valence-electron chi connectivity index (χ3n) is 3.62. The van der Waals surface area contributed by atoms with Crippen molar-refractivity contribution < 1.29 is 9.59 Å². The number of nitrogens with zero attached hydrogens (tertiary/aromatic N) is 1. The predicted molar refractivity (Wildman–Crippen MR) is 99.0 cm³/mol. The fraction of sp³-hybridized carbons (Fsp3) is 0.150. The van der Waals surface area contributed by atoms with E-state index in [1.807, 2.05) is 19.1 Å². The van der Waals surface area contributed by atoms with E-state index in [0.717, 1.165) is 17.5 Å². The Morgan fingerprint density at radius 2 is 1.80 bits per heavy atom. The lowest BCUT2D eigenvalue weighted by Gasteiger charge is -2.08. The molecular weight excluding hydrogens is 336 g/mol. The molecule has 0 fully saturated rings. The van der Waals surface area contributed by atoms with Gasteiger partial charge in [-0.05, 0) is 47.9 Å². The zero-order valence-electron chi connectivity index (χ0n) is 13.7. The fourth-order valence-electron chi connectivity index (χ4n) is 2.14. The Kier molecular flexibility index (Phi) is 6.50. The lowest BCUT2D eigenvalue weighted by atomic mass is 10.0. The van der Waals surface area contributed by atoms with Gasteiger partial charge >= 0.3 is 0 Å². The largest absolute Gasteiger partial charge is 0.325 e. The number of nitriles is 1. The van der Waals surface area contributed by atoms with Gasteiger partial charge in [-0.1, -0.05) is 48.9 Å². The van der Waals surface area contributed by atoms with Crippen LogP contribution >= 0.6 is 11.6 Å². The van der Waals surface area contributed by atoms with Crippen molar-refractivity contribution in [1.29, 1.82) is 5.26 Å². The molecule has 0 aromatic heterocycles. The Labute approximate surface area is 151 Å². The molecule has 1 unspecified atom stereocenters. The number of hydrogen-bond acceptors (Lipinski definition) is 3. The summed E-state index contributed by atoms with van der Waals surface area (Å²) in [5.74, 6) is -2.60. The molecule has 1 atom stereocenters. The summed E-state index contributed by atoms with van der Waals surface area (Å²) in [5, 5.41) is 12.4. The first-order valence-corrected chi connectivity index (χ1v) is 8.18. The van der Waals surface area contributed by atoms with Crippen LogP contribution in [0.1, 0.15) is 18.1 Å². The molecular formula is C20H17ClN2O2. The number of benzene rings is 2. The standard InChI is InChI=1S/C20H17ClN2O2/c1-2-14-5-10-17(11-6-14)23-20(25)18(13-22)19(24)12-7-15-3-8-16(21)9-4-15/h3-12,18H,2H2,1H3,(H,23,25)/b12-7+. The van der Waals surface area contributed by atoms with Gasteiger partial charge in [-0.3, -0.25) is 9.59 Å². The van der Waals surface area contributed by atoms with Gasteiger partial charge in [-0.15, -0.1) is 0 Å². The fourth-order valence-corrected chi connectivity index (χ4v) is 2.26. The van der Waals surface area contributed by atoms with Gasteiger partial charge < -0.3 is 5.32 Å². The molecule has 2 aromatic carbocycles. The quantitative estimate of drug-likeness (QED) is 0.623. The van der Waals surface area contributed by atoms with Gasteiger partial charge in [-0.25, -0.2) is 0 Å². The lowest BCUT2D eigenvalue weighted by molar-refractivity contribution is -0.126. The molecule has 2 rings (SSSR count). The van der Waals surface area contributed by atoms with Crippen LogP contribution in [0.4, 0.5) is 5.69 Å². The van der Waals surface area contributed by atoms with Gasteiger partial charge in [0.15, 0.2) is 11.7 Å². The molecule has 0 bridgehead atoms. The van der Waals surface area contributed by atoms with Gasteiger partial charge in [-0.2, -0.15) is 5.26 Å². The second kappa shape index (κ2) is 8.81. The van der Waals surface area contributed by atoms with Gasteiger partial charge in [0.25, 0.3) is 0 Å². The highest BCUT2D eigenvalue weighted by Crippen LogP contribution is 2.13. The number of allylic oxidation sites excluding steroid dienone is 1. The van der Waals surface area contributed by atoms with E-state index in [2.05, 4.69) is 5.32 Å². The van der Waals surface area contributed by atoms with E-state index in [0.29, 0.717) is 10.7 Å². The summed E-state index contributed by atoms with van der Waals surface area (Å²) in [7, 11) is 0. The molecule has 0 aliphatic heterocycles. The summed E-state index contributed by atoms with van der Waals surface area (Å²) in [6, 6.07) is 15.9. The molecule has 0 heterocycles. The molecule has 5 heteroatoms. The Morgan fingerprint density at radius 1 is 1.16 bits per heavy atom. The average Bonchev–Trinajstić information content (AvgIpc) is 2.62. The number of anilines is 1. The first-order valence-electron chi connectivity index (χ1n) is 7.80. The van der Waals surface area contributed by atoms with Crippen molar-refractivity contribution in [2.45, 2.75) is 13.3 Å². The van der Waals surface area contributed by atoms with Crippen molar-refractivity contribution in [3.05, 3.63) is 70.8 Å². The maximum Gasteiger partial charge on any atom is 0.249 e. The molecule has 2 aromatic rings. The first-order chi connectivity index (χ1) is 12.0. The highest BCUT2D eigenvalue weighted by Gasteiger charge is 2.24. The molecule has 0 aliphatic rings. The van der Waals surface area contributed by atoms with Crippen LogP contribution in [0, 0.1) is 17.2 Å². The Balaban J connectivity index is 2.03. The van der Waals surface area contributed by atoms with Crippen molar-refractivity contribution in [3.8, 4) is 6.07 Å². The van der Waals surface area contributed by atoms with Gasteiger partial charge in [0.05, 0.1) is 6.07 Å². The number of amides is 1. The summed E-state index contributed by atoms with van der Waals surface area (Å²) in [6.45, 7) is 2.03. The van der Waals surface area contributed by atoms with Crippen molar-refractivity contribution >= 4 is 35.1 Å². The number of carbonyl (C=O) groups excluding carboxylic acids is 2. The highest BCUT2D eigenvalue weighted by molar-refractivity contribution is 6.30. The number of ketones is 1. The second-order valence-electron chi connectivity index (χ2n) is 5.39. The van der Waals surface area contributed by atoms with Crippen LogP contribution in [-0.4, -0.2) is 11.7 Å². The highest BCUT2D eigenvalue weighted by atomic mass is 35.5. The Morgan fingerprint density at radius 3 is 2.36 bits per heavy atom. The molecule has 126 valence electrons. The first kappa shape index (κ1) is 18.4. The van der Waals surface area contributed by atoms with Crippen LogP contribution in [0.25, 0.3) is 6.08 Å². The maximum absolute atomic E-state index is 12.2. The minimum Gasteiger partial charge on any atom is -0.325 e. The molecule has 1 amide bonds. The summed E-state index contributed by atoms with van der Waals surface area (Å²) in [6.07, 6.45) is 3.67. The van der Waals surface area contributed by atoms with E-state index in [9.17, 15) is 14.9 Å². The third-order valence-corrected chi connectivity index (χ3v) is 3.87. The van der Waals surface area contributed by atoms with E-state index in [4.69, 9.17) is 11.6 Å². The number of aryl methyl sites for hydroxylation is 1. The van der Waals surface area contributed by atoms with Gasteiger partial charge in [0.2, 0.25) is 5.91 Å². The molecule has 1 N–H and O–H groups in total. The van der Waals surface area contributed by atoms with E-state index in [1.165, 1.54) is 6.08 Å². The summed E-state index contributed by atoms with van der Waals surface area (Å²) < 4.78 is 0. The minimum absolute atomic E-state index is 0.553. The van der Waals surface area contributed by atoms with Gasteiger partial charge in [0.1, 0.15) is 0 Å². The second-order valence-corrected chi connectivity index (χ2v) is 5.83. The average molecular weight is 353 g/mol. The van der Waals surface area contributed by atoms with Crippen molar-refractivity contribution in [1.82, 2.24) is 0 Å². The van der Waals surface area contributed by atoms with Crippen LogP contribution in [0.2, 0.25) is 5.02 Å². The molecule has 0 saturated carbocycles. The topological polar surface area (TPSA) is 70.0 Å². The Bertz CT molecular complexity index is 818. The SMILES string of the molecule is CCc1ccc(NC(=O)C(C#N)C(=O)/C=C/c2ccc(Cl)cc2)cc1. The van der Waals surface area contributed by atoms with E-state index in [1.54, 1.807) is 48.5 Å². The minimum atomic E-state index is -1.39. The third kappa shape index (κ3) is 5.30. The van der Waals surface area contributed by atoms with Crippen LogP contribution in [-0.2, 0) is 16.0 Å². The van der Waals surface area contributed by atoms with Crippen LogP contribution in [0.5, 0.6) is 0 Å². The number of rotatable bonds is 6. The normalized spacial score (nSPS) is 11.7. The van der Waals surface area contributed by atoms with Crippen molar-refractivity contribution in [2.75, 3.05) is 5.32 Å². The molecule has 0 spiro atoms. The maximum atomic E-state index is 12.2. The molecule has 0 saturated heterocycles. The summed E-state index contributed by atoms with van der Waals surface area (Å²) >= 11 is 5.80. The smallest absolute Gasteiger partial charge is 0.249 e. The van der Waals surface area contributed by atoms with Gasteiger partial charge in [0, 0.05) is 10.7 Å². The zero-order chi connectivity index (χ0) is 18.2. The van der Waals surface area contributed by atoms with E-state index < -0.39 is 17.6 Å². The number of halogens is 1. The van der Waals surface area contributed by atoms with E-state index >= 15 is 0 Å². The molecule has 4 nitrogen and oxygen atoms in total. The Hall–Kier alpha value is -2.90. The summed E-state index contributed by atoms with van der Waals surface area (Å²) in [4.78, 5) is 24.3. The van der Waals surface area contributed by atoms with Crippen LogP contribution in [0.15, 0.2) is 54.6 Å². The number of hydrogen-bond donors (Lipinski definition) is 1. The van der Waals surface area contributed by atoms with E-state index in [-0.39, 0.29) is 0 Å². The number of carbonyl (C=O) groups is 2. The van der Waals surface area contributed by atoms with Crippen molar-refractivity contribution in [2.24, 2.45) is 5.92 Å². The lowest BCUT2D eigenvalue weighted by Crippen LogP contribution is -2.27. The summed E-state index contributed by atoms with van der Waals surface area (Å²) in [5.41, 5.74) is 2.44. The molecule has 0 aliphatic carbocycles. The monoisotopic (exact) mass is 352 g/mol. The molecule has 25 heavy (non-hydrogen) atoms. The molecule has 0 radical (unpaired) electrons. The van der Waals surface area contributed by atoms with Crippen molar-refractivity contribution in [3.63, 3.8) is 0 Å². The van der Waals surface area contributed by atoms with Crippen LogP contribution in [0.3, 0.4) is 0 Å². The van der Waals surface area contributed by atoms with Crippen LogP contribution < -0.4 is 5.32 Å².